The molecular formula is C16H10GeN2S2. The maximum atomic E-state index is 9.33. The first kappa shape index (κ1) is 14.3. The fourth-order valence-corrected chi connectivity index (χ4v) is 23.0. The summed E-state index contributed by atoms with van der Waals surface area (Å²) in [7, 11) is 0.426. The third-order valence-electron chi connectivity index (χ3n) is 3.21. The summed E-state index contributed by atoms with van der Waals surface area (Å²) in [5, 5.41) is 18.7. The molecule has 0 saturated heterocycles. The van der Waals surface area contributed by atoms with E-state index in [0.29, 0.717) is 9.81 Å². The second-order valence-electron chi connectivity index (χ2n) is 4.43. The SMILES string of the molecule is N#CC1=C(C#N)[S][Ge]([c]2ccccc2)([c]2ccccc2)[S]1. The Morgan fingerprint density at radius 1 is 0.667 bits per heavy atom. The van der Waals surface area contributed by atoms with Gasteiger partial charge in [-0.1, -0.05) is 0 Å². The second kappa shape index (κ2) is 6.03. The molecule has 1 aliphatic heterocycles. The Labute approximate surface area is 132 Å². The molecule has 0 bridgehead atoms. The number of nitriles is 2. The molecule has 0 saturated carbocycles. The van der Waals surface area contributed by atoms with Gasteiger partial charge in [0.05, 0.1) is 0 Å². The van der Waals surface area contributed by atoms with Gasteiger partial charge in [0.15, 0.2) is 0 Å². The fraction of sp³-hybridized carbons (Fsp3) is 0. The van der Waals surface area contributed by atoms with Crippen molar-refractivity contribution in [1.82, 2.24) is 0 Å². The molecule has 0 spiro atoms. The predicted octanol–water partition coefficient (Wildman–Crippen LogP) is 2.98. The summed E-state index contributed by atoms with van der Waals surface area (Å²) < 4.78 is 2.55. The second-order valence-corrected chi connectivity index (χ2v) is 20.9. The summed E-state index contributed by atoms with van der Waals surface area (Å²) in [4.78, 5) is 1.16. The molecule has 0 atom stereocenters. The zero-order valence-electron chi connectivity index (χ0n) is 11.0. The number of hydrogen-bond donors (Lipinski definition) is 0. The van der Waals surface area contributed by atoms with Crippen LogP contribution in [-0.2, 0) is 0 Å². The minimum absolute atomic E-state index is 0.579. The molecule has 0 N–H and O–H groups in total. The Bertz CT molecular complexity index is 706. The molecule has 2 aromatic carbocycles. The van der Waals surface area contributed by atoms with E-state index in [1.165, 1.54) is 8.79 Å². The number of rotatable bonds is 2. The molecule has 100 valence electrons. The Hall–Kier alpha value is -1.60. The summed E-state index contributed by atoms with van der Waals surface area (Å²) >= 11 is 0. The van der Waals surface area contributed by atoms with Crippen LogP contribution in [0.4, 0.5) is 0 Å². The van der Waals surface area contributed by atoms with Crippen LogP contribution in [-0.4, -0.2) is 11.0 Å². The van der Waals surface area contributed by atoms with Gasteiger partial charge in [-0.15, -0.1) is 0 Å². The number of nitrogens with zero attached hydrogens (tertiary/aromatic N) is 2. The van der Waals surface area contributed by atoms with E-state index in [0.717, 1.165) is 0 Å². The summed E-state index contributed by atoms with van der Waals surface area (Å²) in [6.07, 6.45) is 0. The molecule has 0 radical (unpaired) electrons. The fourth-order valence-electron chi connectivity index (χ4n) is 2.27. The summed E-state index contributed by atoms with van der Waals surface area (Å²) in [6, 6.07) is 25.0. The quantitative estimate of drug-likeness (QED) is 0.766. The van der Waals surface area contributed by atoms with Gasteiger partial charge in [-0.3, -0.25) is 0 Å². The normalized spacial score (nSPS) is 16.3. The molecular weight excluding hydrogens is 357 g/mol. The Balaban J connectivity index is 2.17. The van der Waals surface area contributed by atoms with Crippen molar-refractivity contribution < 1.29 is 0 Å². The van der Waals surface area contributed by atoms with Gasteiger partial charge >= 0.3 is 133 Å². The van der Waals surface area contributed by atoms with Crippen LogP contribution < -0.4 is 8.79 Å². The number of hydrogen-bond acceptors (Lipinski definition) is 4. The molecule has 0 aromatic heterocycles. The van der Waals surface area contributed by atoms with Crippen LogP contribution in [0.3, 0.4) is 0 Å². The monoisotopic (exact) mass is 368 g/mol. The van der Waals surface area contributed by atoms with Crippen molar-refractivity contribution in [2.45, 2.75) is 0 Å². The van der Waals surface area contributed by atoms with Crippen LogP contribution in [0.25, 0.3) is 0 Å². The topological polar surface area (TPSA) is 47.6 Å². The molecule has 2 aromatic rings. The van der Waals surface area contributed by atoms with Crippen LogP contribution in [0.5, 0.6) is 0 Å². The summed E-state index contributed by atoms with van der Waals surface area (Å²) in [5.74, 6) is 0. The van der Waals surface area contributed by atoms with Gasteiger partial charge in [-0.25, -0.2) is 0 Å². The first-order chi connectivity index (χ1) is 10.3. The van der Waals surface area contributed by atoms with Gasteiger partial charge in [0.1, 0.15) is 0 Å². The minimum atomic E-state index is -2.86. The molecule has 21 heavy (non-hydrogen) atoms. The first-order valence-electron chi connectivity index (χ1n) is 6.34. The van der Waals surface area contributed by atoms with Gasteiger partial charge in [0.2, 0.25) is 0 Å². The molecule has 0 aliphatic carbocycles. The molecule has 1 aliphatic rings. The molecule has 1 heterocycles. The zero-order valence-corrected chi connectivity index (χ0v) is 14.7. The molecule has 0 fully saturated rings. The van der Waals surface area contributed by atoms with Crippen molar-refractivity contribution in [1.29, 1.82) is 10.5 Å². The van der Waals surface area contributed by atoms with Crippen molar-refractivity contribution in [3.8, 4) is 12.1 Å². The van der Waals surface area contributed by atoms with Gasteiger partial charge in [0.25, 0.3) is 0 Å². The Morgan fingerprint density at radius 2 is 1.05 bits per heavy atom. The Kier molecular flexibility index (Phi) is 4.12. The third kappa shape index (κ3) is 2.51. The molecule has 0 unspecified atom stereocenters. The molecule has 3 rings (SSSR count). The average Bonchev–Trinajstić information content (AvgIpc) is 2.97. The van der Waals surface area contributed by atoms with Crippen molar-refractivity contribution in [3.05, 3.63) is 70.5 Å². The van der Waals surface area contributed by atoms with E-state index in [9.17, 15) is 10.5 Å². The van der Waals surface area contributed by atoms with Crippen molar-refractivity contribution in [3.63, 3.8) is 0 Å². The van der Waals surface area contributed by atoms with Crippen LogP contribution in [0.1, 0.15) is 0 Å². The average molecular weight is 367 g/mol. The van der Waals surface area contributed by atoms with Gasteiger partial charge in [-0.05, 0) is 0 Å². The molecule has 5 heteroatoms. The standard InChI is InChI=1S/C16H10GeN2S2/c18-11-15-16(12-19)21-17(20-15,13-7-3-1-4-8-13)14-9-5-2-6-10-14/h1-10H. The molecule has 2 nitrogen and oxygen atoms in total. The van der Waals surface area contributed by atoms with Gasteiger partial charge < -0.3 is 0 Å². The number of benzene rings is 2. The van der Waals surface area contributed by atoms with E-state index >= 15 is 0 Å². The first-order valence-corrected chi connectivity index (χ1v) is 15.2. The van der Waals surface area contributed by atoms with Crippen LogP contribution >= 0.6 is 20.2 Å². The van der Waals surface area contributed by atoms with Crippen molar-refractivity contribution in [2.75, 3.05) is 0 Å². The van der Waals surface area contributed by atoms with E-state index < -0.39 is 11.0 Å². The van der Waals surface area contributed by atoms with Gasteiger partial charge in [0, 0.05) is 0 Å². The third-order valence-corrected chi connectivity index (χ3v) is 23.2. The van der Waals surface area contributed by atoms with E-state index in [4.69, 9.17) is 0 Å². The molecule has 0 amide bonds. The van der Waals surface area contributed by atoms with Crippen LogP contribution in [0.15, 0.2) is 70.5 Å². The van der Waals surface area contributed by atoms with E-state index in [1.807, 2.05) is 36.4 Å². The van der Waals surface area contributed by atoms with E-state index in [1.54, 1.807) is 20.2 Å². The maximum absolute atomic E-state index is 9.33. The van der Waals surface area contributed by atoms with Crippen molar-refractivity contribution >= 4 is 39.9 Å². The van der Waals surface area contributed by atoms with Crippen molar-refractivity contribution in [2.24, 2.45) is 0 Å². The van der Waals surface area contributed by atoms with Gasteiger partial charge in [-0.2, -0.15) is 0 Å². The van der Waals surface area contributed by atoms with Crippen LogP contribution in [0.2, 0.25) is 0 Å². The van der Waals surface area contributed by atoms with E-state index in [2.05, 4.69) is 36.4 Å². The summed E-state index contributed by atoms with van der Waals surface area (Å²) in [6.45, 7) is 0. The van der Waals surface area contributed by atoms with E-state index in [-0.39, 0.29) is 0 Å². The predicted molar refractivity (Wildman–Crippen MR) is 91.3 cm³/mol. The summed E-state index contributed by atoms with van der Waals surface area (Å²) in [5.41, 5.74) is 0. The zero-order chi connectivity index (χ0) is 14.7. The Morgan fingerprint density at radius 3 is 1.38 bits per heavy atom. The number of allylic oxidation sites excluding steroid dienone is 2. The van der Waals surface area contributed by atoms with Crippen LogP contribution in [0, 0.1) is 22.7 Å².